The second kappa shape index (κ2) is 7.88. The van der Waals surface area contributed by atoms with E-state index in [0.29, 0.717) is 16.7 Å². The molecule has 4 saturated carbocycles. The summed E-state index contributed by atoms with van der Waals surface area (Å²) in [5.74, 6) is 4.86. The molecule has 4 rings (SSSR count). The largest absolute Gasteiger partial charge is 0.393 e. The van der Waals surface area contributed by atoms with Crippen LogP contribution in [0.3, 0.4) is 0 Å². The Bertz CT molecular complexity index is 545. The van der Waals surface area contributed by atoms with E-state index in [1.165, 1.54) is 57.8 Å². The van der Waals surface area contributed by atoms with Crippen molar-refractivity contribution in [2.24, 2.45) is 46.3 Å². The van der Waals surface area contributed by atoms with Crippen LogP contribution in [0.5, 0.6) is 0 Å². The molecule has 0 heterocycles. The molecule has 0 amide bonds. The lowest BCUT2D eigenvalue weighted by Crippen LogP contribution is -2.53. The van der Waals surface area contributed by atoms with Gasteiger partial charge in [0.2, 0.25) is 0 Å². The zero-order valence-corrected chi connectivity index (χ0v) is 19.0. The third kappa shape index (κ3) is 3.49. The van der Waals surface area contributed by atoms with E-state index in [-0.39, 0.29) is 12.2 Å². The average Bonchev–Trinajstić information content (AvgIpc) is 2.99. The minimum Gasteiger partial charge on any atom is -0.393 e. The minimum atomic E-state index is -0.113. The maximum Gasteiger partial charge on any atom is 0.0563 e. The monoisotopic (exact) mass is 390 g/mol. The van der Waals surface area contributed by atoms with Crippen LogP contribution in [0.2, 0.25) is 0 Å². The molecule has 2 N–H and O–H groups in total. The number of aliphatic hydroxyl groups excluding tert-OH is 2. The molecule has 0 aromatic heterocycles. The van der Waals surface area contributed by atoms with Gasteiger partial charge in [-0.25, -0.2) is 0 Å². The van der Waals surface area contributed by atoms with Crippen molar-refractivity contribution >= 4 is 0 Å². The number of hydrogen-bond donors (Lipinski definition) is 2. The second-order valence-corrected chi connectivity index (χ2v) is 12.1. The number of aliphatic hydroxyl groups is 2. The summed E-state index contributed by atoms with van der Waals surface area (Å²) >= 11 is 0. The Morgan fingerprint density at radius 1 is 0.893 bits per heavy atom. The van der Waals surface area contributed by atoms with E-state index in [9.17, 15) is 10.2 Å². The van der Waals surface area contributed by atoms with Gasteiger partial charge in [-0.3, -0.25) is 0 Å². The molecule has 0 aromatic carbocycles. The lowest BCUT2D eigenvalue weighted by Gasteiger charge is -2.61. The van der Waals surface area contributed by atoms with Crippen LogP contribution >= 0.6 is 0 Å². The van der Waals surface area contributed by atoms with Gasteiger partial charge in [-0.15, -0.1) is 0 Å². The first-order valence-electron chi connectivity index (χ1n) is 12.6. The topological polar surface area (TPSA) is 40.5 Å². The Kier molecular flexibility index (Phi) is 5.95. The summed E-state index contributed by atoms with van der Waals surface area (Å²) in [6, 6.07) is 0. The zero-order valence-electron chi connectivity index (χ0n) is 19.0. The molecule has 162 valence electrons. The van der Waals surface area contributed by atoms with Crippen LogP contribution in [0.4, 0.5) is 0 Å². The first-order chi connectivity index (χ1) is 13.3. The van der Waals surface area contributed by atoms with E-state index < -0.39 is 0 Å². The van der Waals surface area contributed by atoms with Crippen LogP contribution in [0.15, 0.2) is 0 Å². The molecule has 0 aromatic rings. The van der Waals surface area contributed by atoms with Crippen LogP contribution in [-0.2, 0) is 0 Å². The molecule has 0 saturated heterocycles. The van der Waals surface area contributed by atoms with Crippen molar-refractivity contribution in [1.29, 1.82) is 0 Å². The molecular formula is C26H46O2. The Morgan fingerprint density at radius 3 is 2.36 bits per heavy atom. The van der Waals surface area contributed by atoms with Crippen molar-refractivity contribution in [3.63, 3.8) is 0 Å². The van der Waals surface area contributed by atoms with E-state index in [1.807, 2.05) is 0 Å². The molecule has 7 unspecified atom stereocenters. The first-order valence-corrected chi connectivity index (χ1v) is 12.6. The lowest BCUT2D eigenvalue weighted by atomic mass is 9.44. The summed E-state index contributed by atoms with van der Waals surface area (Å²) in [5, 5.41) is 20.4. The van der Waals surface area contributed by atoms with Gasteiger partial charge in [0.1, 0.15) is 0 Å². The molecule has 4 fully saturated rings. The number of hydrogen-bond acceptors (Lipinski definition) is 2. The molecule has 0 radical (unpaired) electrons. The van der Waals surface area contributed by atoms with Crippen LogP contribution in [-0.4, -0.2) is 22.4 Å². The molecule has 2 nitrogen and oxygen atoms in total. The summed E-state index contributed by atoms with van der Waals surface area (Å²) in [4.78, 5) is 0. The zero-order chi connectivity index (χ0) is 20.1. The van der Waals surface area contributed by atoms with E-state index in [4.69, 9.17) is 0 Å². The Morgan fingerprint density at radius 2 is 1.61 bits per heavy atom. The predicted octanol–water partition coefficient (Wildman–Crippen LogP) is 6.19. The third-order valence-corrected chi connectivity index (χ3v) is 10.7. The number of rotatable bonds is 5. The SMILES string of the molecule is CC(C)C(O)CCCC1CCC2C3CCC4C[C@@H](O)CC[C@]4(C)C3CCC12C. The Labute approximate surface area is 173 Å². The van der Waals surface area contributed by atoms with Gasteiger partial charge in [-0.2, -0.15) is 0 Å². The molecule has 0 spiro atoms. The fourth-order valence-corrected chi connectivity index (χ4v) is 8.73. The quantitative estimate of drug-likeness (QED) is 0.587. The predicted molar refractivity (Wildman–Crippen MR) is 116 cm³/mol. The van der Waals surface area contributed by atoms with Gasteiger partial charge in [0.05, 0.1) is 12.2 Å². The van der Waals surface area contributed by atoms with E-state index in [0.717, 1.165) is 48.9 Å². The second-order valence-electron chi connectivity index (χ2n) is 12.1. The molecule has 28 heavy (non-hydrogen) atoms. The smallest absolute Gasteiger partial charge is 0.0563 e. The molecule has 4 aliphatic rings. The fourth-order valence-electron chi connectivity index (χ4n) is 8.73. The summed E-state index contributed by atoms with van der Waals surface area (Å²) in [6.07, 6.45) is 15.3. The molecule has 0 bridgehead atoms. The summed E-state index contributed by atoms with van der Waals surface area (Å²) in [5.41, 5.74) is 1.06. The Hall–Kier alpha value is -0.0800. The van der Waals surface area contributed by atoms with Crippen molar-refractivity contribution in [1.82, 2.24) is 0 Å². The standard InChI is InChI=1S/C26H46O2/c1-17(2)24(28)7-5-6-18-9-11-22-21-10-8-19-16-20(27)12-14-26(19,4)23(21)13-15-25(18,22)3/h17-24,27-28H,5-16H2,1-4H3/t18?,19?,20-,21?,22?,23?,24?,25?,26-/m0/s1. The van der Waals surface area contributed by atoms with Gasteiger partial charge < -0.3 is 10.2 Å². The lowest BCUT2D eigenvalue weighted by molar-refractivity contribution is -0.127. The molecule has 9 atom stereocenters. The highest BCUT2D eigenvalue weighted by Crippen LogP contribution is 2.67. The van der Waals surface area contributed by atoms with Crippen LogP contribution in [0.25, 0.3) is 0 Å². The van der Waals surface area contributed by atoms with Crippen molar-refractivity contribution in [3.05, 3.63) is 0 Å². The van der Waals surface area contributed by atoms with E-state index in [2.05, 4.69) is 27.7 Å². The van der Waals surface area contributed by atoms with Gasteiger partial charge in [-0.05, 0) is 117 Å². The fraction of sp³-hybridized carbons (Fsp3) is 1.00. The number of fused-ring (bicyclic) bond motifs is 5. The Balaban J connectivity index is 1.42. The van der Waals surface area contributed by atoms with E-state index >= 15 is 0 Å². The van der Waals surface area contributed by atoms with Crippen molar-refractivity contribution < 1.29 is 10.2 Å². The van der Waals surface area contributed by atoms with Gasteiger partial charge >= 0.3 is 0 Å². The van der Waals surface area contributed by atoms with Crippen LogP contribution in [0, 0.1) is 46.3 Å². The van der Waals surface area contributed by atoms with Gasteiger partial charge in [0, 0.05) is 0 Å². The highest BCUT2D eigenvalue weighted by molar-refractivity contribution is 5.09. The average molecular weight is 391 g/mol. The summed E-state index contributed by atoms with van der Waals surface area (Å²) < 4.78 is 0. The molecule has 0 aliphatic heterocycles. The first kappa shape index (κ1) is 21.2. The van der Waals surface area contributed by atoms with Gasteiger partial charge in [0.25, 0.3) is 0 Å². The molecule has 4 aliphatic carbocycles. The summed E-state index contributed by atoms with van der Waals surface area (Å²) in [7, 11) is 0. The van der Waals surface area contributed by atoms with Gasteiger partial charge in [0.15, 0.2) is 0 Å². The third-order valence-electron chi connectivity index (χ3n) is 10.7. The van der Waals surface area contributed by atoms with E-state index in [1.54, 1.807) is 0 Å². The summed E-state index contributed by atoms with van der Waals surface area (Å²) in [6.45, 7) is 9.52. The van der Waals surface area contributed by atoms with Crippen molar-refractivity contribution in [2.75, 3.05) is 0 Å². The maximum atomic E-state index is 10.2. The normalized spacial score (nSPS) is 49.4. The highest BCUT2D eigenvalue weighted by Gasteiger charge is 2.59. The van der Waals surface area contributed by atoms with Crippen molar-refractivity contribution in [3.8, 4) is 0 Å². The maximum absolute atomic E-state index is 10.2. The van der Waals surface area contributed by atoms with Crippen LogP contribution < -0.4 is 0 Å². The van der Waals surface area contributed by atoms with Crippen molar-refractivity contribution in [2.45, 2.75) is 117 Å². The minimum absolute atomic E-state index is 0.0273. The van der Waals surface area contributed by atoms with Crippen LogP contribution in [0.1, 0.15) is 105 Å². The molecular weight excluding hydrogens is 344 g/mol. The highest BCUT2D eigenvalue weighted by atomic mass is 16.3. The molecule has 2 heteroatoms. The van der Waals surface area contributed by atoms with Gasteiger partial charge in [-0.1, -0.05) is 34.1 Å².